The van der Waals surface area contributed by atoms with Crippen molar-refractivity contribution in [1.29, 1.82) is 0 Å². The lowest BCUT2D eigenvalue weighted by atomic mass is 10.0. The smallest absolute Gasteiger partial charge is 0.282 e. The average molecular weight is 288 g/mol. The number of likely N-dealkylation sites (tertiary alicyclic amines) is 1. The van der Waals surface area contributed by atoms with Crippen molar-refractivity contribution in [2.45, 2.75) is 19.8 Å². The number of anilines is 2. The Morgan fingerprint density at radius 2 is 2.24 bits per heavy atom. The van der Waals surface area contributed by atoms with Crippen LogP contribution in [0, 0.1) is 5.92 Å². The Kier molecular flexibility index (Phi) is 3.92. The maximum absolute atomic E-state index is 12.6. The third-order valence-corrected chi connectivity index (χ3v) is 4.34. The number of hydrogen-bond donors (Lipinski definition) is 2. The van der Waals surface area contributed by atoms with Gasteiger partial charge in [-0.3, -0.25) is 14.5 Å². The first-order chi connectivity index (χ1) is 10.1. The van der Waals surface area contributed by atoms with Gasteiger partial charge in [-0.05, 0) is 25.0 Å². The predicted octanol–water partition coefficient (Wildman–Crippen LogP) is 0.287. The van der Waals surface area contributed by atoms with Crippen molar-refractivity contribution in [1.82, 2.24) is 0 Å². The molecule has 2 aliphatic heterocycles. The standard InChI is InChI=1S/C16H21N3O2/c1-12-5-4-8-18(9-12)11-16(21)19-10-15(20)17-13-6-2-3-7-14(13)19/h2-3,6-7,12H,4-5,8-11H2,1H3,(H,17,20)/p+1/t12-/m0/s1. The lowest BCUT2D eigenvalue weighted by molar-refractivity contribution is -0.900. The van der Waals surface area contributed by atoms with Crippen molar-refractivity contribution in [3.63, 3.8) is 0 Å². The van der Waals surface area contributed by atoms with Crippen molar-refractivity contribution in [3.05, 3.63) is 24.3 Å². The van der Waals surface area contributed by atoms with E-state index >= 15 is 0 Å². The van der Waals surface area contributed by atoms with Gasteiger partial charge in [0.25, 0.3) is 5.91 Å². The van der Waals surface area contributed by atoms with Crippen LogP contribution < -0.4 is 15.1 Å². The largest absolute Gasteiger partial charge is 0.327 e. The zero-order valence-corrected chi connectivity index (χ0v) is 12.4. The number of hydrogen-bond acceptors (Lipinski definition) is 2. The molecule has 0 spiro atoms. The summed E-state index contributed by atoms with van der Waals surface area (Å²) in [5.41, 5.74) is 1.54. The van der Waals surface area contributed by atoms with Crippen molar-refractivity contribution in [2.24, 2.45) is 5.92 Å². The van der Waals surface area contributed by atoms with Gasteiger partial charge < -0.3 is 10.2 Å². The molecular formula is C16H22N3O2+. The van der Waals surface area contributed by atoms with E-state index in [1.807, 2.05) is 24.3 Å². The van der Waals surface area contributed by atoms with Gasteiger partial charge in [0.2, 0.25) is 5.91 Å². The minimum atomic E-state index is -0.121. The second kappa shape index (κ2) is 5.85. The van der Waals surface area contributed by atoms with Crippen molar-refractivity contribution in [3.8, 4) is 0 Å². The maximum atomic E-state index is 12.6. The van der Waals surface area contributed by atoms with Crippen LogP contribution in [0.2, 0.25) is 0 Å². The summed E-state index contributed by atoms with van der Waals surface area (Å²) in [5, 5.41) is 2.82. The molecule has 1 aromatic rings. The number of nitrogens with zero attached hydrogens (tertiary/aromatic N) is 1. The monoisotopic (exact) mass is 288 g/mol. The Bertz CT molecular complexity index is 558. The highest BCUT2D eigenvalue weighted by atomic mass is 16.2. The number of carbonyl (C=O) groups is 2. The number of carbonyl (C=O) groups excluding carboxylic acids is 2. The molecule has 3 rings (SSSR count). The number of fused-ring (bicyclic) bond motifs is 1. The van der Waals surface area contributed by atoms with Crippen molar-refractivity contribution in [2.75, 3.05) is 36.4 Å². The summed E-state index contributed by atoms with van der Waals surface area (Å²) in [6, 6.07) is 7.49. The first-order valence-corrected chi connectivity index (χ1v) is 7.66. The highest BCUT2D eigenvalue weighted by molar-refractivity contribution is 6.10. The molecule has 21 heavy (non-hydrogen) atoms. The quantitative estimate of drug-likeness (QED) is 0.822. The summed E-state index contributed by atoms with van der Waals surface area (Å²) in [7, 11) is 0. The summed E-state index contributed by atoms with van der Waals surface area (Å²) in [5.74, 6) is 0.601. The Balaban J connectivity index is 1.74. The molecule has 0 bridgehead atoms. The molecule has 0 saturated carbocycles. The molecule has 0 aliphatic carbocycles. The van der Waals surface area contributed by atoms with E-state index in [-0.39, 0.29) is 18.4 Å². The molecule has 2 N–H and O–H groups in total. The lowest BCUT2D eigenvalue weighted by Crippen LogP contribution is -3.14. The number of quaternary nitrogens is 1. The first-order valence-electron chi connectivity index (χ1n) is 7.66. The van der Waals surface area contributed by atoms with Crippen molar-refractivity contribution < 1.29 is 14.5 Å². The van der Waals surface area contributed by atoms with E-state index in [4.69, 9.17) is 0 Å². The van der Waals surface area contributed by atoms with Crippen LogP contribution in [-0.2, 0) is 9.59 Å². The SMILES string of the molecule is C[C@H]1CCC[NH+](CC(=O)N2CC(=O)Nc3ccccc32)C1. The molecule has 5 heteroatoms. The molecule has 0 radical (unpaired) electrons. The van der Waals surface area contributed by atoms with Gasteiger partial charge in [-0.1, -0.05) is 19.1 Å². The van der Waals surface area contributed by atoms with E-state index in [1.165, 1.54) is 17.7 Å². The molecular weight excluding hydrogens is 266 g/mol. The van der Waals surface area contributed by atoms with Crippen LogP contribution in [0.1, 0.15) is 19.8 Å². The molecule has 112 valence electrons. The summed E-state index contributed by atoms with van der Waals surface area (Å²) >= 11 is 0. The third kappa shape index (κ3) is 3.08. The van der Waals surface area contributed by atoms with Gasteiger partial charge >= 0.3 is 0 Å². The highest BCUT2D eigenvalue weighted by Crippen LogP contribution is 2.28. The molecule has 2 atom stereocenters. The molecule has 1 aromatic carbocycles. The molecule has 1 saturated heterocycles. The minimum Gasteiger partial charge on any atom is -0.327 e. The summed E-state index contributed by atoms with van der Waals surface area (Å²) < 4.78 is 0. The Morgan fingerprint density at radius 3 is 3.05 bits per heavy atom. The number of rotatable bonds is 2. The molecule has 0 aromatic heterocycles. The number of amides is 2. The van der Waals surface area contributed by atoms with Gasteiger partial charge in [0.15, 0.2) is 6.54 Å². The lowest BCUT2D eigenvalue weighted by Gasteiger charge is -2.32. The fourth-order valence-corrected chi connectivity index (χ4v) is 3.32. The van der Waals surface area contributed by atoms with E-state index < -0.39 is 0 Å². The topological polar surface area (TPSA) is 53.9 Å². The van der Waals surface area contributed by atoms with Crippen LogP contribution in [0.25, 0.3) is 0 Å². The maximum Gasteiger partial charge on any atom is 0.282 e. The number of piperidine rings is 1. The minimum absolute atomic E-state index is 0.0430. The zero-order chi connectivity index (χ0) is 14.8. The number of para-hydroxylation sites is 2. The van der Waals surface area contributed by atoms with Gasteiger partial charge in [-0.2, -0.15) is 0 Å². The fraction of sp³-hybridized carbons (Fsp3) is 0.500. The summed E-state index contributed by atoms with van der Waals surface area (Å²) in [4.78, 5) is 27.3. The first kappa shape index (κ1) is 14.1. The van der Waals surface area contributed by atoms with Crippen LogP contribution >= 0.6 is 0 Å². The molecule has 1 fully saturated rings. The van der Waals surface area contributed by atoms with Gasteiger partial charge in [-0.15, -0.1) is 0 Å². The van der Waals surface area contributed by atoms with Gasteiger partial charge in [-0.25, -0.2) is 0 Å². The van der Waals surface area contributed by atoms with E-state index in [9.17, 15) is 9.59 Å². The summed E-state index contributed by atoms with van der Waals surface area (Å²) in [6.07, 6.45) is 2.44. The Hall–Kier alpha value is -1.88. The van der Waals surface area contributed by atoms with E-state index in [1.54, 1.807) is 4.90 Å². The van der Waals surface area contributed by atoms with E-state index in [0.29, 0.717) is 12.5 Å². The fourth-order valence-electron chi connectivity index (χ4n) is 3.32. The molecule has 2 aliphatic rings. The molecule has 1 unspecified atom stereocenters. The van der Waals surface area contributed by atoms with Crippen LogP contribution in [0.3, 0.4) is 0 Å². The van der Waals surface area contributed by atoms with Gasteiger partial charge in [0, 0.05) is 5.92 Å². The number of nitrogens with one attached hydrogen (secondary N) is 2. The second-order valence-corrected chi connectivity index (χ2v) is 6.17. The Morgan fingerprint density at radius 1 is 1.43 bits per heavy atom. The zero-order valence-electron chi connectivity index (χ0n) is 12.4. The van der Waals surface area contributed by atoms with Crippen LogP contribution in [-0.4, -0.2) is 38.0 Å². The van der Waals surface area contributed by atoms with Crippen LogP contribution in [0.15, 0.2) is 24.3 Å². The van der Waals surface area contributed by atoms with E-state index in [0.717, 1.165) is 24.5 Å². The van der Waals surface area contributed by atoms with Gasteiger partial charge in [0.05, 0.1) is 24.5 Å². The van der Waals surface area contributed by atoms with Crippen molar-refractivity contribution >= 4 is 23.2 Å². The average Bonchev–Trinajstić information content (AvgIpc) is 2.46. The van der Waals surface area contributed by atoms with Crippen LogP contribution in [0.4, 0.5) is 11.4 Å². The molecule has 2 amide bonds. The van der Waals surface area contributed by atoms with E-state index in [2.05, 4.69) is 12.2 Å². The van der Waals surface area contributed by atoms with Crippen LogP contribution in [0.5, 0.6) is 0 Å². The van der Waals surface area contributed by atoms with Gasteiger partial charge in [0.1, 0.15) is 6.54 Å². The summed E-state index contributed by atoms with van der Waals surface area (Å²) in [6.45, 7) is 4.95. The molecule has 2 heterocycles. The molecule has 5 nitrogen and oxygen atoms in total. The Labute approximate surface area is 124 Å². The third-order valence-electron chi connectivity index (χ3n) is 4.34. The predicted molar refractivity (Wildman–Crippen MR) is 81.4 cm³/mol. The second-order valence-electron chi connectivity index (χ2n) is 6.17. The number of benzene rings is 1. The highest BCUT2D eigenvalue weighted by Gasteiger charge is 2.30. The normalized spacial score (nSPS) is 25.2.